The summed E-state index contributed by atoms with van der Waals surface area (Å²) in [5.41, 5.74) is 6.95. The SMILES string of the molecule is c1ccc(Nc2ncc3c(n2)-c2cn(-c4ccccc4)cc2CC3)cc1. The van der Waals surface area contributed by atoms with Gasteiger partial charge in [-0.3, -0.25) is 0 Å². The first-order valence-corrected chi connectivity index (χ1v) is 8.81. The highest BCUT2D eigenvalue weighted by Crippen LogP contribution is 2.34. The second-order valence-electron chi connectivity index (χ2n) is 6.50. The van der Waals surface area contributed by atoms with E-state index in [1.54, 1.807) is 0 Å². The number of fused-ring (bicyclic) bond motifs is 3. The molecule has 0 bridgehead atoms. The van der Waals surface area contributed by atoms with E-state index in [9.17, 15) is 0 Å². The van der Waals surface area contributed by atoms with Crippen molar-refractivity contribution in [2.24, 2.45) is 0 Å². The minimum absolute atomic E-state index is 0.635. The molecule has 0 aliphatic heterocycles. The molecular formula is C22H18N4. The van der Waals surface area contributed by atoms with Crippen LogP contribution < -0.4 is 5.32 Å². The average Bonchev–Trinajstić information content (AvgIpc) is 3.14. The highest BCUT2D eigenvalue weighted by molar-refractivity contribution is 5.71. The van der Waals surface area contributed by atoms with Gasteiger partial charge in [-0.15, -0.1) is 0 Å². The fourth-order valence-electron chi connectivity index (χ4n) is 3.46. The maximum atomic E-state index is 4.82. The van der Waals surface area contributed by atoms with Crippen molar-refractivity contribution in [1.29, 1.82) is 0 Å². The van der Waals surface area contributed by atoms with Gasteiger partial charge in [-0.05, 0) is 48.2 Å². The van der Waals surface area contributed by atoms with E-state index in [2.05, 4.69) is 51.5 Å². The molecule has 1 N–H and O–H groups in total. The summed E-state index contributed by atoms with van der Waals surface area (Å²) in [5, 5.41) is 3.29. The van der Waals surface area contributed by atoms with Crippen molar-refractivity contribution in [3.05, 3.63) is 90.4 Å². The zero-order valence-corrected chi connectivity index (χ0v) is 14.3. The molecule has 0 amide bonds. The van der Waals surface area contributed by atoms with Crippen LogP contribution in [0.25, 0.3) is 16.9 Å². The van der Waals surface area contributed by atoms with Crippen molar-refractivity contribution in [1.82, 2.24) is 14.5 Å². The smallest absolute Gasteiger partial charge is 0.227 e. The van der Waals surface area contributed by atoms with E-state index in [0.717, 1.165) is 24.2 Å². The summed E-state index contributed by atoms with van der Waals surface area (Å²) in [6, 6.07) is 20.4. The molecule has 0 radical (unpaired) electrons. The van der Waals surface area contributed by atoms with Crippen molar-refractivity contribution in [3.8, 4) is 16.9 Å². The maximum absolute atomic E-state index is 4.82. The summed E-state index contributed by atoms with van der Waals surface area (Å²) >= 11 is 0. The van der Waals surface area contributed by atoms with Crippen molar-refractivity contribution < 1.29 is 0 Å². The van der Waals surface area contributed by atoms with Crippen LogP contribution in [0, 0.1) is 0 Å². The molecule has 4 nitrogen and oxygen atoms in total. The van der Waals surface area contributed by atoms with Gasteiger partial charge in [-0.2, -0.15) is 0 Å². The van der Waals surface area contributed by atoms with Gasteiger partial charge in [0.25, 0.3) is 0 Å². The Labute approximate surface area is 152 Å². The molecule has 0 spiro atoms. The molecule has 4 aromatic rings. The van der Waals surface area contributed by atoms with E-state index in [1.165, 1.54) is 22.4 Å². The number of aryl methyl sites for hydroxylation is 2. The topological polar surface area (TPSA) is 42.7 Å². The number of nitrogens with one attached hydrogen (secondary N) is 1. The van der Waals surface area contributed by atoms with Crippen molar-refractivity contribution >= 4 is 11.6 Å². The first-order chi connectivity index (χ1) is 12.9. The zero-order chi connectivity index (χ0) is 17.3. The van der Waals surface area contributed by atoms with Gasteiger partial charge in [0.1, 0.15) is 0 Å². The summed E-state index contributed by atoms with van der Waals surface area (Å²) < 4.78 is 2.19. The summed E-state index contributed by atoms with van der Waals surface area (Å²) in [7, 11) is 0. The third-order valence-corrected chi connectivity index (χ3v) is 4.78. The van der Waals surface area contributed by atoms with E-state index < -0.39 is 0 Å². The minimum atomic E-state index is 0.635. The Balaban J connectivity index is 1.54. The standard InChI is InChI=1S/C22H18N4/c1-3-7-18(8-4-1)24-22-23-13-16-11-12-17-14-26(15-20(17)21(16)25-22)19-9-5-2-6-10-19/h1-10,13-15H,11-12H2,(H,23,24,25). The van der Waals surface area contributed by atoms with Crippen molar-refractivity contribution in [2.75, 3.05) is 5.32 Å². The third-order valence-electron chi connectivity index (χ3n) is 4.78. The molecule has 4 heteroatoms. The van der Waals surface area contributed by atoms with Crippen molar-refractivity contribution in [3.63, 3.8) is 0 Å². The number of para-hydroxylation sites is 2. The number of aromatic nitrogens is 3. The fraction of sp³-hybridized carbons (Fsp3) is 0.0909. The summed E-state index contributed by atoms with van der Waals surface area (Å²) in [6.45, 7) is 0. The van der Waals surface area contributed by atoms with Crippen LogP contribution in [0.2, 0.25) is 0 Å². The molecule has 2 heterocycles. The second kappa shape index (κ2) is 6.15. The number of hydrogen-bond donors (Lipinski definition) is 1. The summed E-state index contributed by atoms with van der Waals surface area (Å²) in [5.74, 6) is 0.635. The third kappa shape index (κ3) is 2.65. The monoisotopic (exact) mass is 338 g/mol. The van der Waals surface area contributed by atoms with Crippen LogP contribution in [-0.2, 0) is 12.8 Å². The van der Waals surface area contributed by atoms with E-state index in [1.807, 2.05) is 42.6 Å². The Bertz CT molecular complexity index is 1050. The molecule has 0 saturated carbocycles. The molecule has 5 rings (SSSR count). The summed E-state index contributed by atoms with van der Waals surface area (Å²) in [6.07, 6.45) is 8.36. The van der Waals surface area contributed by atoms with Crippen LogP contribution in [-0.4, -0.2) is 14.5 Å². The Hall–Kier alpha value is -3.40. The van der Waals surface area contributed by atoms with Gasteiger partial charge in [0.2, 0.25) is 5.95 Å². The van der Waals surface area contributed by atoms with Crippen LogP contribution in [0.1, 0.15) is 11.1 Å². The van der Waals surface area contributed by atoms with E-state index in [-0.39, 0.29) is 0 Å². The molecule has 2 aromatic carbocycles. The molecular weight excluding hydrogens is 320 g/mol. The maximum Gasteiger partial charge on any atom is 0.227 e. The lowest BCUT2D eigenvalue weighted by Crippen LogP contribution is -2.07. The van der Waals surface area contributed by atoms with Gasteiger partial charge in [-0.25, -0.2) is 9.97 Å². The molecule has 0 fully saturated rings. The molecule has 0 saturated heterocycles. The second-order valence-corrected chi connectivity index (χ2v) is 6.50. The van der Waals surface area contributed by atoms with Gasteiger partial charge in [0.05, 0.1) is 5.69 Å². The predicted molar refractivity (Wildman–Crippen MR) is 104 cm³/mol. The zero-order valence-electron chi connectivity index (χ0n) is 14.3. The van der Waals surface area contributed by atoms with Gasteiger partial charge < -0.3 is 9.88 Å². The Morgan fingerprint density at radius 3 is 2.35 bits per heavy atom. The quantitative estimate of drug-likeness (QED) is 0.585. The highest BCUT2D eigenvalue weighted by Gasteiger charge is 2.21. The Morgan fingerprint density at radius 2 is 1.54 bits per heavy atom. The largest absolute Gasteiger partial charge is 0.324 e. The first kappa shape index (κ1) is 14.9. The lowest BCUT2D eigenvalue weighted by atomic mass is 9.93. The average molecular weight is 338 g/mol. The van der Waals surface area contributed by atoms with Crippen LogP contribution in [0.15, 0.2) is 79.3 Å². The van der Waals surface area contributed by atoms with Gasteiger partial charge >= 0.3 is 0 Å². The van der Waals surface area contributed by atoms with Gasteiger partial charge in [-0.1, -0.05) is 36.4 Å². The van der Waals surface area contributed by atoms with Gasteiger partial charge in [0.15, 0.2) is 0 Å². The van der Waals surface area contributed by atoms with Crippen LogP contribution >= 0.6 is 0 Å². The number of nitrogens with zero attached hydrogens (tertiary/aromatic N) is 3. The number of benzene rings is 2. The molecule has 1 aliphatic carbocycles. The van der Waals surface area contributed by atoms with Crippen molar-refractivity contribution in [2.45, 2.75) is 12.8 Å². The fourth-order valence-corrected chi connectivity index (χ4v) is 3.46. The van der Waals surface area contributed by atoms with E-state index >= 15 is 0 Å². The van der Waals surface area contributed by atoms with Crippen LogP contribution in [0.4, 0.5) is 11.6 Å². The predicted octanol–water partition coefficient (Wildman–Crippen LogP) is 4.78. The Morgan fingerprint density at radius 1 is 0.808 bits per heavy atom. The molecule has 26 heavy (non-hydrogen) atoms. The number of hydrogen-bond acceptors (Lipinski definition) is 3. The number of rotatable bonds is 3. The molecule has 0 atom stereocenters. The molecule has 2 aromatic heterocycles. The van der Waals surface area contributed by atoms with E-state index in [0.29, 0.717) is 5.95 Å². The van der Waals surface area contributed by atoms with Crippen LogP contribution in [0.5, 0.6) is 0 Å². The molecule has 1 aliphatic rings. The van der Waals surface area contributed by atoms with E-state index in [4.69, 9.17) is 4.98 Å². The Kier molecular flexibility index (Phi) is 3.53. The minimum Gasteiger partial charge on any atom is -0.324 e. The van der Waals surface area contributed by atoms with Gasteiger partial charge in [0, 0.05) is 35.5 Å². The highest BCUT2D eigenvalue weighted by atomic mass is 15.1. The first-order valence-electron chi connectivity index (χ1n) is 8.81. The van der Waals surface area contributed by atoms with Crippen LogP contribution in [0.3, 0.4) is 0 Å². The molecule has 126 valence electrons. The normalized spacial score (nSPS) is 12.3. The summed E-state index contributed by atoms with van der Waals surface area (Å²) in [4.78, 5) is 9.32. The molecule has 0 unspecified atom stereocenters. The lowest BCUT2D eigenvalue weighted by molar-refractivity contribution is 0.914. The lowest BCUT2D eigenvalue weighted by Gasteiger charge is -2.16. The number of anilines is 2.